The Morgan fingerprint density at radius 3 is 2.09 bits per heavy atom. The summed E-state index contributed by atoms with van der Waals surface area (Å²) in [5, 5.41) is 23.3. The van der Waals surface area contributed by atoms with E-state index in [4.69, 9.17) is 5.26 Å². The van der Waals surface area contributed by atoms with Crippen LogP contribution >= 0.6 is 0 Å². The second-order valence-corrected chi connectivity index (χ2v) is 12.3. The summed E-state index contributed by atoms with van der Waals surface area (Å²) in [5.41, 5.74) is 0. The molecule has 11 nitrogen and oxygen atoms in total. The quantitative estimate of drug-likeness (QED) is 0.367. The number of rotatable bonds is 6. The minimum Gasteiger partial charge on any atom is -0.504 e. The zero-order valence-electron chi connectivity index (χ0n) is 27.9. The standard InChI is InChI=1S/C12H12N4O3.C11H18N2O2.C4H6F2.C4H10.C2H6/c13-5-9-4-8(6-16(9)7-17)12(19)15-11-10(18)2-1-3-14-11;14-8-12-5-11(15)13-6-9-3-1-2-4-10(9)7-13;5-4(6)2-1-3-4;1-4(2)3;1-2/h1-3,7-9,18H,4,6H2,(H,14,15,19);8-10H,1-7H2,(H,12,14);1-3H2;4H,1-3H3;1-2H3/t8?,9-;;;;/m0..../s1. The summed E-state index contributed by atoms with van der Waals surface area (Å²) in [6, 6.07) is 4.35. The van der Waals surface area contributed by atoms with Crippen LogP contribution in [0, 0.1) is 35.0 Å². The summed E-state index contributed by atoms with van der Waals surface area (Å²) < 4.78 is 23.1. The van der Waals surface area contributed by atoms with Gasteiger partial charge in [-0.25, -0.2) is 13.8 Å². The molecule has 3 N–H and O–H groups in total. The highest BCUT2D eigenvalue weighted by atomic mass is 19.3. The van der Waals surface area contributed by atoms with Gasteiger partial charge in [0.05, 0.1) is 18.5 Å². The number of carbonyl (C=O) groups is 4. The van der Waals surface area contributed by atoms with Crippen molar-refractivity contribution in [3.63, 3.8) is 0 Å². The first kappa shape index (κ1) is 40.2. The highest BCUT2D eigenvalue weighted by Crippen LogP contribution is 2.37. The Kier molecular flexibility index (Phi) is 18.4. The van der Waals surface area contributed by atoms with Crippen molar-refractivity contribution >= 4 is 30.5 Å². The average molecular weight is 651 g/mol. The number of nitrogens with zero attached hydrogens (tertiary/aromatic N) is 4. The third-order valence-electron chi connectivity index (χ3n) is 7.77. The largest absolute Gasteiger partial charge is 0.504 e. The molecule has 5 rings (SSSR count). The number of nitrogens with one attached hydrogen (secondary N) is 2. The third-order valence-corrected chi connectivity index (χ3v) is 7.77. The van der Waals surface area contributed by atoms with Crippen molar-refractivity contribution in [3.8, 4) is 11.8 Å². The molecule has 13 heteroatoms. The molecule has 2 aliphatic carbocycles. The maximum atomic E-state index is 12.0. The second kappa shape index (κ2) is 21.1. The molecule has 3 unspecified atom stereocenters. The molecule has 2 aliphatic heterocycles. The van der Waals surface area contributed by atoms with Crippen molar-refractivity contribution in [2.75, 3.05) is 31.5 Å². The van der Waals surface area contributed by atoms with Crippen molar-refractivity contribution in [2.45, 2.75) is 97.9 Å². The van der Waals surface area contributed by atoms with Crippen LogP contribution in [0.5, 0.6) is 5.75 Å². The van der Waals surface area contributed by atoms with Gasteiger partial charge in [-0.3, -0.25) is 19.2 Å². The number of aromatic hydroxyl groups is 1. The van der Waals surface area contributed by atoms with E-state index in [1.54, 1.807) is 6.07 Å². The minimum absolute atomic E-state index is 0.0662. The van der Waals surface area contributed by atoms with Gasteiger partial charge in [0.25, 0.3) is 0 Å². The number of carbonyl (C=O) groups excluding carboxylic acids is 4. The van der Waals surface area contributed by atoms with Crippen LogP contribution in [0.3, 0.4) is 0 Å². The molecule has 46 heavy (non-hydrogen) atoms. The van der Waals surface area contributed by atoms with Gasteiger partial charge >= 0.3 is 0 Å². The van der Waals surface area contributed by atoms with Gasteiger partial charge in [-0.15, -0.1) is 0 Å². The second-order valence-electron chi connectivity index (χ2n) is 12.3. The molecule has 4 atom stereocenters. The molecule has 2 saturated heterocycles. The van der Waals surface area contributed by atoms with Crippen LogP contribution in [0.4, 0.5) is 14.6 Å². The zero-order chi connectivity index (χ0) is 34.7. The zero-order valence-corrected chi connectivity index (χ0v) is 27.9. The van der Waals surface area contributed by atoms with E-state index in [-0.39, 0.29) is 55.7 Å². The Bertz CT molecular complexity index is 1110. The summed E-state index contributed by atoms with van der Waals surface area (Å²) >= 11 is 0. The van der Waals surface area contributed by atoms with E-state index < -0.39 is 17.9 Å². The molecule has 1 aromatic rings. The fraction of sp³-hybridized carbons (Fsp3) is 0.697. The summed E-state index contributed by atoms with van der Waals surface area (Å²) in [6.45, 7) is 12.7. The number of fused-ring (bicyclic) bond motifs is 1. The Hall–Kier alpha value is -3.82. The molecule has 4 amide bonds. The number of anilines is 1. The first-order chi connectivity index (χ1) is 21.9. The van der Waals surface area contributed by atoms with E-state index in [9.17, 15) is 33.1 Å². The van der Waals surface area contributed by atoms with Gasteiger partial charge in [-0.2, -0.15) is 5.26 Å². The van der Waals surface area contributed by atoms with E-state index in [1.807, 2.05) is 24.8 Å². The van der Waals surface area contributed by atoms with Crippen molar-refractivity contribution in [1.82, 2.24) is 20.1 Å². The molecular formula is C33H52F2N6O5. The minimum atomic E-state index is -2.28. The van der Waals surface area contributed by atoms with Crippen LogP contribution < -0.4 is 10.6 Å². The molecule has 0 spiro atoms. The Labute approximate surface area is 272 Å². The number of halogens is 2. The van der Waals surface area contributed by atoms with E-state index in [0.29, 0.717) is 19.2 Å². The maximum Gasteiger partial charge on any atom is 0.248 e. The van der Waals surface area contributed by atoms with Gasteiger partial charge in [0.15, 0.2) is 11.6 Å². The highest BCUT2D eigenvalue weighted by Gasteiger charge is 2.37. The van der Waals surface area contributed by atoms with Crippen molar-refractivity contribution < 1.29 is 33.1 Å². The predicted octanol–water partition coefficient (Wildman–Crippen LogP) is 4.97. The van der Waals surface area contributed by atoms with Gasteiger partial charge in [-0.1, -0.05) is 47.5 Å². The van der Waals surface area contributed by atoms with E-state index in [1.165, 1.54) is 42.8 Å². The molecule has 258 valence electrons. The lowest BCUT2D eigenvalue weighted by molar-refractivity contribution is -0.130. The topological polar surface area (TPSA) is 156 Å². The number of likely N-dealkylation sites (tertiary alicyclic amines) is 2. The van der Waals surface area contributed by atoms with E-state index >= 15 is 0 Å². The monoisotopic (exact) mass is 650 g/mol. The number of aromatic nitrogens is 1. The first-order valence-electron chi connectivity index (χ1n) is 16.3. The number of nitriles is 1. The van der Waals surface area contributed by atoms with Gasteiger partial charge in [0.2, 0.25) is 30.6 Å². The first-order valence-corrected chi connectivity index (χ1v) is 16.3. The molecule has 0 aromatic carbocycles. The number of amides is 4. The number of pyridine rings is 1. The van der Waals surface area contributed by atoms with Crippen molar-refractivity contribution in [3.05, 3.63) is 18.3 Å². The van der Waals surface area contributed by atoms with Crippen LogP contribution in [0.15, 0.2) is 18.3 Å². The summed E-state index contributed by atoms with van der Waals surface area (Å²) in [7, 11) is 0. The molecule has 3 heterocycles. The lowest BCUT2D eigenvalue weighted by atomic mass is 9.82. The SMILES string of the molecule is CC.CC(C)C.FC1(F)CCC1.N#C[C@@H]1CC(C(=O)Nc2ncccc2O)CN1C=O.O=CNCC(=O)N1CC2CCCCC2C1. The number of hydrogen-bond donors (Lipinski definition) is 3. The fourth-order valence-electron chi connectivity index (χ4n) is 5.30. The lowest BCUT2D eigenvalue weighted by Gasteiger charge is -2.23. The van der Waals surface area contributed by atoms with E-state index in [2.05, 4.69) is 36.4 Å². The molecule has 2 saturated carbocycles. The molecule has 4 aliphatic rings. The third kappa shape index (κ3) is 14.1. The normalized spacial score (nSPS) is 23.4. The van der Waals surface area contributed by atoms with Crippen molar-refractivity contribution in [2.24, 2.45) is 23.7 Å². The van der Waals surface area contributed by atoms with Gasteiger partial charge in [0.1, 0.15) is 6.04 Å². The highest BCUT2D eigenvalue weighted by molar-refractivity contribution is 5.93. The Balaban J connectivity index is 0.000000345. The summed E-state index contributed by atoms with van der Waals surface area (Å²) in [6.07, 6.45) is 9.01. The Morgan fingerprint density at radius 1 is 1.11 bits per heavy atom. The summed E-state index contributed by atoms with van der Waals surface area (Å²) in [4.78, 5) is 51.5. The van der Waals surface area contributed by atoms with Gasteiger partial charge in [-0.05, 0) is 55.6 Å². The van der Waals surface area contributed by atoms with Crippen LogP contribution in [-0.4, -0.2) is 82.7 Å². The molecule has 4 fully saturated rings. The lowest BCUT2D eigenvalue weighted by Crippen LogP contribution is -2.36. The number of alkyl halides is 2. The van der Waals surface area contributed by atoms with Crippen LogP contribution in [0.25, 0.3) is 0 Å². The summed E-state index contributed by atoms with van der Waals surface area (Å²) in [5.74, 6) is -0.826. The van der Waals surface area contributed by atoms with Crippen molar-refractivity contribution in [1.29, 1.82) is 5.26 Å². The van der Waals surface area contributed by atoms with Crippen LogP contribution in [-0.2, 0) is 19.2 Å². The molecule has 0 bridgehead atoms. The Morgan fingerprint density at radius 2 is 1.67 bits per heavy atom. The van der Waals surface area contributed by atoms with Crippen LogP contribution in [0.1, 0.15) is 86.0 Å². The van der Waals surface area contributed by atoms with E-state index in [0.717, 1.165) is 30.8 Å². The molecular weight excluding hydrogens is 598 g/mol. The maximum absolute atomic E-state index is 12.0. The fourth-order valence-corrected chi connectivity index (χ4v) is 5.30. The van der Waals surface area contributed by atoms with Gasteiger partial charge in [0, 0.05) is 38.7 Å². The predicted molar refractivity (Wildman–Crippen MR) is 172 cm³/mol. The smallest absolute Gasteiger partial charge is 0.248 e. The average Bonchev–Trinajstić information content (AvgIpc) is 3.66. The van der Waals surface area contributed by atoms with Crippen LogP contribution in [0.2, 0.25) is 0 Å². The van der Waals surface area contributed by atoms with Gasteiger partial charge < -0.3 is 25.5 Å². The molecule has 0 radical (unpaired) electrons. The number of hydrogen-bond acceptors (Lipinski definition) is 7. The molecule has 1 aromatic heterocycles.